The Labute approximate surface area is 194 Å². The Hall–Kier alpha value is -2.52. The maximum Gasteiger partial charge on any atom is 0.339 e. The van der Waals surface area contributed by atoms with Gasteiger partial charge in [-0.15, -0.1) is 0 Å². The first-order chi connectivity index (χ1) is 15.5. The quantitative estimate of drug-likeness (QED) is 0.360. The fourth-order valence-electron chi connectivity index (χ4n) is 4.78. The summed E-state index contributed by atoms with van der Waals surface area (Å²) in [6.45, 7) is 10.8. The van der Waals surface area contributed by atoms with Crippen molar-refractivity contribution in [3.63, 3.8) is 0 Å². The molecule has 2 N–H and O–H groups in total. The second-order valence-electron chi connectivity index (χ2n) is 10.0. The van der Waals surface area contributed by atoms with Gasteiger partial charge in [0.05, 0.1) is 16.1 Å². The first kappa shape index (κ1) is 25.1. The number of benzene rings is 1. The summed E-state index contributed by atoms with van der Waals surface area (Å²) in [5.41, 5.74) is -1.96. The van der Waals surface area contributed by atoms with E-state index in [1.54, 1.807) is 0 Å². The van der Waals surface area contributed by atoms with Gasteiger partial charge in [-0.1, -0.05) is 0 Å². The molecule has 0 bridgehead atoms. The number of carbonyl (C=O) groups excluding carboxylic acids is 2. The lowest BCUT2D eigenvalue weighted by Crippen LogP contribution is -2.43. The third kappa shape index (κ3) is 6.09. The normalized spacial score (nSPS) is 18.5. The van der Waals surface area contributed by atoms with E-state index in [2.05, 4.69) is 10.6 Å². The maximum absolute atomic E-state index is 13.2. The summed E-state index contributed by atoms with van der Waals surface area (Å²) < 4.78 is 11.7. The Bertz CT molecular complexity index is 886. The van der Waals surface area contributed by atoms with E-state index in [4.69, 9.17) is 9.47 Å². The number of carbonyl (C=O) groups is 2. The van der Waals surface area contributed by atoms with Crippen LogP contribution in [0.5, 0.6) is 0 Å². The SMILES string of the molecule is CC(C)(OC(=O)c1ccc([N+](=O)[O-])cc1C(=O)OC(C)(C)C1CCNCC1)C1CCNCC1. The molecule has 3 rings (SSSR count). The van der Waals surface area contributed by atoms with E-state index in [9.17, 15) is 19.7 Å². The standard InChI is InChI=1S/C24H35N3O6/c1-23(2,16-7-11-25-12-8-16)32-21(28)19-6-5-18(27(30)31)15-20(19)22(29)33-24(3,4)17-9-13-26-14-10-17/h5-6,15-17,25-26H,7-14H2,1-4H3. The van der Waals surface area contributed by atoms with Crippen LogP contribution in [0.15, 0.2) is 18.2 Å². The topological polar surface area (TPSA) is 120 Å². The number of esters is 2. The highest BCUT2D eigenvalue weighted by molar-refractivity contribution is 6.04. The molecule has 2 saturated heterocycles. The third-order valence-corrected chi connectivity index (χ3v) is 7.01. The second kappa shape index (κ2) is 10.2. The highest BCUT2D eigenvalue weighted by Crippen LogP contribution is 2.33. The molecule has 0 unspecified atom stereocenters. The molecule has 2 fully saturated rings. The lowest BCUT2D eigenvalue weighted by molar-refractivity contribution is -0.384. The van der Waals surface area contributed by atoms with Crippen LogP contribution in [0.25, 0.3) is 0 Å². The second-order valence-corrected chi connectivity index (χ2v) is 10.0. The van der Waals surface area contributed by atoms with Gasteiger partial charge in [0, 0.05) is 24.0 Å². The summed E-state index contributed by atoms with van der Waals surface area (Å²) >= 11 is 0. The molecule has 0 radical (unpaired) electrons. The van der Waals surface area contributed by atoms with Gasteiger partial charge in [-0.2, -0.15) is 0 Å². The molecule has 1 aromatic carbocycles. The molecule has 182 valence electrons. The molecule has 2 aliphatic heterocycles. The molecule has 9 nitrogen and oxygen atoms in total. The molecular weight excluding hydrogens is 426 g/mol. The Balaban J connectivity index is 1.85. The van der Waals surface area contributed by atoms with Crippen LogP contribution in [0.1, 0.15) is 74.1 Å². The number of nitrogens with zero attached hydrogens (tertiary/aromatic N) is 1. The third-order valence-electron chi connectivity index (χ3n) is 7.01. The number of rotatable bonds is 7. The minimum atomic E-state index is -0.778. The molecule has 2 aliphatic rings. The summed E-state index contributed by atoms with van der Waals surface area (Å²) in [5, 5.41) is 17.9. The van der Waals surface area contributed by atoms with Crippen molar-refractivity contribution < 1.29 is 24.0 Å². The highest BCUT2D eigenvalue weighted by Gasteiger charge is 2.38. The number of hydrogen-bond acceptors (Lipinski definition) is 8. The van der Waals surface area contributed by atoms with Gasteiger partial charge in [0.15, 0.2) is 0 Å². The van der Waals surface area contributed by atoms with E-state index >= 15 is 0 Å². The van der Waals surface area contributed by atoms with Crippen molar-refractivity contribution in [2.24, 2.45) is 11.8 Å². The van der Waals surface area contributed by atoms with Crippen LogP contribution in [0.3, 0.4) is 0 Å². The predicted octanol–water partition coefficient (Wildman–Crippen LogP) is 3.46. The molecule has 0 aliphatic carbocycles. The van der Waals surface area contributed by atoms with Gasteiger partial charge in [-0.05, 0) is 85.6 Å². The first-order valence-corrected chi connectivity index (χ1v) is 11.7. The summed E-state index contributed by atoms with van der Waals surface area (Å²) in [4.78, 5) is 37.1. The van der Waals surface area contributed by atoms with Crippen molar-refractivity contribution in [3.8, 4) is 0 Å². The summed E-state index contributed by atoms with van der Waals surface area (Å²) in [7, 11) is 0. The van der Waals surface area contributed by atoms with Gasteiger partial charge in [0.2, 0.25) is 0 Å². The summed E-state index contributed by atoms with van der Waals surface area (Å²) in [6, 6.07) is 3.60. The number of non-ortho nitro benzene ring substituents is 1. The zero-order chi connectivity index (χ0) is 24.2. The summed E-state index contributed by atoms with van der Waals surface area (Å²) in [6.07, 6.45) is 3.46. The molecule has 0 atom stereocenters. The van der Waals surface area contributed by atoms with E-state index < -0.39 is 28.1 Å². The molecule has 33 heavy (non-hydrogen) atoms. The van der Waals surface area contributed by atoms with Gasteiger partial charge < -0.3 is 20.1 Å². The van der Waals surface area contributed by atoms with Crippen LogP contribution in [-0.2, 0) is 9.47 Å². The van der Waals surface area contributed by atoms with E-state index in [0.29, 0.717) is 0 Å². The van der Waals surface area contributed by atoms with Crippen LogP contribution in [-0.4, -0.2) is 54.2 Å². The number of nitro benzene ring substituents is 1. The predicted molar refractivity (Wildman–Crippen MR) is 123 cm³/mol. The van der Waals surface area contributed by atoms with E-state index in [-0.39, 0.29) is 28.7 Å². The fraction of sp³-hybridized carbons (Fsp3) is 0.667. The average molecular weight is 462 g/mol. The van der Waals surface area contributed by atoms with Crippen LogP contribution in [0.4, 0.5) is 5.69 Å². The van der Waals surface area contributed by atoms with E-state index in [1.165, 1.54) is 12.1 Å². The molecular formula is C24H35N3O6. The lowest BCUT2D eigenvalue weighted by Gasteiger charge is -2.37. The van der Waals surface area contributed by atoms with Gasteiger partial charge in [-0.25, -0.2) is 9.59 Å². The van der Waals surface area contributed by atoms with Crippen molar-refractivity contribution in [1.29, 1.82) is 0 Å². The van der Waals surface area contributed by atoms with Crippen LogP contribution in [0.2, 0.25) is 0 Å². The van der Waals surface area contributed by atoms with Crippen LogP contribution >= 0.6 is 0 Å². The number of piperidine rings is 2. The molecule has 0 saturated carbocycles. The van der Waals surface area contributed by atoms with Crippen LogP contribution in [0, 0.1) is 22.0 Å². The van der Waals surface area contributed by atoms with Crippen molar-refractivity contribution >= 4 is 17.6 Å². The summed E-state index contributed by atoms with van der Waals surface area (Å²) in [5.74, 6) is -1.11. The number of nitro groups is 1. The number of nitrogens with one attached hydrogen (secondary N) is 2. The monoisotopic (exact) mass is 461 g/mol. The van der Waals surface area contributed by atoms with Crippen molar-refractivity contribution in [2.45, 2.75) is 64.6 Å². The van der Waals surface area contributed by atoms with Gasteiger partial charge in [0.25, 0.3) is 5.69 Å². The first-order valence-electron chi connectivity index (χ1n) is 11.7. The Morgan fingerprint density at radius 2 is 1.27 bits per heavy atom. The molecule has 0 amide bonds. The smallest absolute Gasteiger partial charge is 0.339 e. The Morgan fingerprint density at radius 3 is 1.70 bits per heavy atom. The largest absolute Gasteiger partial charge is 0.456 e. The zero-order valence-electron chi connectivity index (χ0n) is 19.9. The van der Waals surface area contributed by atoms with Crippen molar-refractivity contribution in [2.75, 3.05) is 26.2 Å². The molecule has 1 aromatic rings. The number of hydrogen-bond donors (Lipinski definition) is 2. The van der Waals surface area contributed by atoms with E-state index in [1.807, 2.05) is 27.7 Å². The lowest BCUT2D eigenvalue weighted by atomic mass is 9.83. The van der Waals surface area contributed by atoms with Crippen LogP contribution < -0.4 is 10.6 Å². The van der Waals surface area contributed by atoms with Crippen molar-refractivity contribution in [1.82, 2.24) is 10.6 Å². The average Bonchev–Trinajstić information content (AvgIpc) is 2.79. The van der Waals surface area contributed by atoms with Gasteiger partial charge >= 0.3 is 11.9 Å². The van der Waals surface area contributed by atoms with Gasteiger partial charge in [-0.3, -0.25) is 10.1 Å². The minimum absolute atomic E-state index is 0.0197. The molecule has 2 heterocycles. The highest BCUT2D eigenvalue weighted by atomic mass is 16.6. The fourth-order valence-corrected chi connectivity index (χ4v) is 4.78. The number of ether oxygens (including phenoxy) is 2. The molecule has 0 spiro atoms. The molecule has 0 aromatic heterocycles. The maximum atomic E-state index is 13.2. The van der Waals surface area contributed by atoms with E-state index in [0.717, 1.165) is 57.9 Å². The molecule has 9 heteroatoms. The van der Waals surface area contributed by atoms with Gasteiger partial charge in [0.1, 0.15) is 11.2 Å². The Kier molecular flexibility index (Phi) is 7.74. The zero-order valence-corrected chi connectivity index (χ0v) is 19.9. The van der Waals surface area contributed by atoms with Crippen molar-refractivity contribution in [3.05, 3.63) is 39.4 Å². The minimum Gasteiger partial charge on any atom is -0.456 e. The Morgan fingerprint density at radius 1 is 0.848 bits per heavy atom.